The molecule has 0 saturated heterocycles. The lowest BCUT2D eigenvalue weighted by Gasteiger charge is -2.08. The van der Waals surface area contributed by atoms with Gasteiger partial charge >= 0.3 is 0 Å². The van der Waals surface area contributed by atoms with Gasteiger partial charge in [0.15, 0.2) is 0 Å². The van der Waals surface area contributed by atoms with E-state index in [2.05, 4.69) is 6.07 Å². The van der Waals surface area contributed by atoms with Crippen LogP contribution in [0.5, 0.6) is 11.5 Å². The van der Waals surface area contributed by atoms with Crippen molar-refractivity contribution in [2.24, 2.45) is 0 Å². The molecule has 0 saturated carbocycles. The number of nitriles is 1. The quantitative estimate of drug-likeness (QED) is 0.809. The molecule has 0 fully saturated rings. The highest BCUT2D eigenvalue weighted by Gasteiger charge is 2.02. The van der Waals surface area contributed by atoms with Gasteiger partial charge in [0.1, 0.15) is 11.5 Å². The summed E-state index contributed by atoms with van der Waals surface area (Å²) in [5, 5.41) is 16.1. The predicted octanol–water partition coefficient (Wildman–Crippen LogP) is 3.35. The summed E-state index contributed by atoms with van der Waals surface area (Å²) >= 11 is 0. The first-order chi connectivity index (χ1) is 8.33. The monoisotopic (exact) mass is 222 g/mol. The van der Waals surface area contributed by atoms with Crippen molar-refractivity contribution in [3.8, 4) is 17.6 Å². The highest BCUT2D eigenvalue weighted by atomic mass is 16.5. The molecule has 0 heterocycles. The second kappa shape index (κ2) is 4.95. The minimum Gasteiger partial charge on any atom is -0.457 e. The average molecular weight is 222 g/mol. The molecule has 2 aromatic carbocycles. The Morgan fingerprint density at radius 1 is 1.12 bits per heavy atom. The molecule has 17 heavy (non-hydrogen) atoms. The van der Waals surface area contributed by atoms with Gasteiger partial charge in [-0.2, -0.15) is 5.26 Å². The van der Waals surface area contributed by atoms with Gasteiger partial charge in [-0.25, -0.2) is 0 Å². The number of nitrogens with one attached hydrogen (secondary N) is 1. The van der Waals surface area contributed by atoms with Gasteiger partial charge in [0.25, 0.3) is 0 Å². The molecule has 82 valence electrons. The van der Waals surface area contributed by atoms with E-state index in [0.29, 0.717) is 22.6 Å². The Morgan fingerprint density at radius 3 is 2.71 bits per heavy atom. The number of para-hydroxylation sites is 1. The fraction of sp³-hybridized carbons (Fsp3) is 0. The standard InChI is InChI=1S/C14H10N2O/c15-9-11-4-3-6-13(8-11)17-14-7-2-1-5-12(14)10-16/h1-8,10,16H. The van der Waals surface area contributed by atoms with E-state index in [1.54, 1.807) is 36.4 Å². The van der Waals surface area contributed by atoms with Crippen LogP contribution in [-0.4, -0.2) is 6.21 Å². The number of rotatable bonds is 3. The Kier molecular flexibility index (Phi) is 3.18. The zero-order chi connectivity index (χ0) is 12.1. The van der Waals surface area contributed by atoms with Crippen LogP contribution in [0.3, 0.4) is 0 Å². The first kappa shape index (κ1) is 10.9. The Labute approximate surface area is 99.4 Å². The summed E-state index contributed by atoms with van der Waals surface area (Å²) in [7, 11) is 0. The maximum absolute atomic E-state index is 8.79. The van der Waals surface area contributed by atoms with Crippen LogP contribution in [0.15, 0.2) is 48.5 Å². The van der Waals surface area contributed by atoms with Gasteiger partial charge in [-0.1, -0.05) is 18.2 Å². The molecule has 2 aromatic rings. The number of hydrogen-bond acceptors (Lipinski definition) is 3. The van der Waals surface area contributed by atoms with Crippen molar-refractivity contribution in [2.75, 3.05) is 0 Å². The minimum absolute atomic E-state index is 0.551. The summed E-state index contributed by atoms with van der Waals surface area (Å²) in [4.78, 5) is 0. The van der Waals surface area contributed by atoms with Crippen molar-refractivity contribution in [1.29, 1.82) is 10.7 Å². The van der Waals surface area contributed by atoms with Crippen LogP contribution in [0.1, 0.15) is 11.1 Å². The molecule has 1 N–H and O–H groups in total. The van der Waals surface area contributed by atoms with Gasteiger partial charge in [-0.3, -0.25) is 0 Å². The Morgan fingerprint density at radius 2 is 1.94 bits per heavy atom. The van der Waals surface area contributed by atoms with Gasteiger partial charge in [-0.05, 0) is 30.3 Å². The Bertz CT molecular complexity index is 585. The van der Waals surface area contributed by atoms with Crippen LogP contribution in [0, 0.1) is 16.7 Å². The molecular weight excluding hydrogens is 212 g/mol. The summed E-state index contributed by atoms with van der Waals surface area (Å²) in [6.07, 6.45) is 1.24. The lowest BCUT2D eigenvalue weighted by Crippen LogP contribution is -1.90. The van der Waals surface area contributed by atoms with Gasteiger partial charge < -0.3 is 10.1 Å². The van der Waals surface area contributed by atoms with Gasteiger partial charge in [-0.15, -0.1) is 0 Å². The molecule has 0 unspecified atom stereocenters. The number of nitrogens with zero attached hydrogens (tertiary/aromatic N) is 1. The zero-order valence-corrected chi connectivity index (χ0v) is 9.05. The van der Waals surface area contributed by atoms with Crippen molar-refractivity contribution in [1.82, 2.24) is 0 Å². The van der Waals surface area contributed by atoms with E-state index < -0.39 is 0 Å². The highest BCUT2D eigenvalue weighted by molar-refractivity contribution is 5.81. The third-order valence-electron chi connectivity index (χ3n) is 2.27. The number of hydrogen-bond donors (Lipinski definition) is 1. The largest absolute Gasteiger partial charge is 0.457 e. The van der Waals surface area contributed by atoms with Crippen LogP contribution >= 0.6 is 0 Å². The van der Waals surface area contributed by atoms with Crippen molar-refractivity contribution >= 4 is 6.21 Å². The first-order valence-electron chi connectivity index (χ1n) is 5.11. The maximum atomic E-state index is 8.79. The Hall–Kier alpha value is -2.60. The molecule has 0 aliphatic heterocycles. The van der Waals surface area contributed by atoms with E-state index in [-0.39, 0.29) is 0 Å². The zero-order valence-electron chi connectivity index (χ0n) is 9.05. The lowest BCUT2D eigenvalue weighted by molar-refractivity contribution is 0.482. The van der Waals surface area contributed by atoms with Crippen LogP contribution in [0.25, 0.3) is 0 Å². The van der Waals surface area contributed by atoms with Crippen LogP contribution in [-0.2, 0) is 0 Å². The molecule has 0 atom stereocenters. The molecule has 0 bridgehead atoms. The molecule has 0 aliphatic carbocycles. The molecule has 3 nitrogen and oxygen atoms in total. The molecule has 0 aliphatic rings. The summed E-state index contributed by atoms with van der Waals surface area (Å²) in [6, 6.07) is 16.3. The maximum Gasteiger partial charge on any atom is 0.136 e. The van der Waals surface area contributed by atoms with E-state index in [9.17, 15) is 0 Å². The third-order valence-corrected chi connectivity index (χ3v) is 2.27. The summed E-state index contributed by atoms with van der Waals surface area (Å²) in [5.41, 5.74) is 1.25. The van der Waals surface area contributed by atoms with E-state index in [1.807, 2.05) is 12.1 Å². The average Bonchev–Trinajstić information content (AvgIpc) is 2.39. The molecule has 3 heteroatoms. The fourth-order valence-electron chi connectivity index (χ4n) is 1.45. The van der Waals surface area contributed by atoms with Gasteiger partial charge in [0.2, 0.25) is 0 Å². The molecular formula is C14H10N2O. The molecule has 0 amide bonds. The summed E-state index contributed by atoms with van der Waals surface area (Å²) in [5.74, 6) is 1.20. The summed E-state index contributed by atoms with van der Waals surface area (Å²) < 4.78 is 5.64. The molecule has 0 spiro atoms. The minimum atomic E-state index is 0.551. The third kappa shape index (κ3) is 2.50. The van der Waals surface area contributed by atoms with Crippen LogP contribution in [0.2, 0.25) is 0 Å². The van der Waals surface area contributed by atoms with Crippen molar-refractivity contribution in [2.45, 2.75) is 0 Å². The highest BCUT2D eigenvalue weighted by Crippen LogP contribution is 2.24. The van der Waals surface area contributed by atoms with Crippen molar-refractivity contribution in [3.05, 3.63) is 59.7 Å². The van der Waals surface area contributed by atoms with E-state index >= 15 is 0 Å². The predicted molar refractivity (Wildman–Crippen MR) is 65.6 cm³/mol. The SMILES string of the molecule is N#Cc1cccc(Oc2ccccc2C=N)c1. The van der Waals surface area contributed by atoms with Crippen LogP contribution in [0.4, 0.5) is 0 Å². The van der Waals surface area contributed by atoms with Crippen LogP contribution < -0.4 is 4.74 Å². The second-order valence-corrected chi connectivity index (χ2v) is 3.42. The van der Waals surface area contributed by atoms with E-state index in [1.165, 1.54) is 6.21 Å². The van der Waals surface area contributed by atoms with Crippen molar-refractivity contribution in [3.63, 3.8) is 0 Å². The molecule has 0 radical (unpaired) electrons. The molecule has 0 aromatic heterocycles. The summed E-state index contributed by atoms with van der Waals surface area (Å²) in [6.45, 7) is 0. The smallest absolute Gasteiger partial charge is 0.136 e. The number of ether oxygens (including phenoxy) is 1. The molecule has 2 rings (SSSR count). The van der Waals surface area contributed by atoms with Crippen molar-refractivity contribution < 1.29 is 4.74 Å². The van der Waals surface area contributed by atoms with E-state index in [4.69, 9.17) is 15.4 Å². The lowest BCUT2D eigenvalue weighted by atomic mass is 10.2. The Balaban J connectivity index is 2.31. The van der Waals surface area contributed by atoms with E-state index in [0.717, 1.165) is 0 Å². The fourth-order valence-corrected chi connectivity index (χ4v) is 1.45. The van der Waals surface area contributed by atoms with Gasteiger partial charge in [0.05, 0.1) is 11.6 Å². The first-order valence-corrected chi connectivity index (χ1v) is 5.11. The van der Waals surface area contributed by atoms with Gasteiger partial charge in [0, 0.05) is 11.8 Å². The second-order valence-electron chi connectivity index (χ2n) is 3.42. The normalized spacial score (nSPS) is 9.35. The number of benzene rings is 2. The topological polar surface area (TPSA) is 56.9 Å².